The van der Waals surface area contributed by atoms with Crippen molar-refractivity contribution in [3.8, 4) is 0 Å². The highest BCUT2D eigenvalue weighted by Gasteiger charge is 2.21. The smallest absolute Gasteiger partial charge is 0.225 e. The topological polar surface area (TPSA) is 59.9 Å². The van der Waals surface area contributed by atoms with E-state index in [1.54, 1.807) is 12.4 Å². The molecule has 1 aliphatic heterocycles. The van der Waals surface area contributed by atoms with Gasteiger partial charge in [-0.3, -0.25) is 9.89 Å². The third-order valence-electron chi connectivity index (χ3n) is 4.62. The van der Waals surface area contributed by atoms with Crippen molar-refractivity contribution in [2.45, 2.75) is 26.8 Å². The Morgan fingerprint density at radius 2 is 1.83 bits per heavy atom. The van der Waals surface area contributed by atoms with Crippen molar-refractivity contribution in [1.29, 1.82) is 0 Å². The standard InChI is InChI=1S/C17H31N7/c1-5-22(6-2)15(3)14-21-16(18-4)23-10-12-24(13-11-23)17-19-8-7-9-20-17/h7-9,15H,5-6,10-14H2,1-4H3,(H,18,21). The second-order valence-electron chi connectivity index (χ2n) is 6.02. The van der Waals surface area contributed by atoms with Crippen molar-refractivity contribution in [3.63, 3.8) is 0 Å². The van der Waals surface area contributed by atoms with Crippen LogP contribution in [-0.2, 0) is 0 Å². The lowest BCUT2D eigenvalue weighted by Gasteiger charge is -2.37. The molecule has 1 saturated heterocycles. The Balaban J connectivity index is 1.83. The molecule has 0 aliphatic carbocycles. The summed E-state index contributed by atoms with van der Waals surface area (Å²) in [7, 11) is 1.86. The number of guanidine groups is 1. The molecule has 1 fully saturated rings. The first kappa shape index (κ1) is 18.4. The van der Waals surface area contributed by atoms with Crippen LogP contribution in [0.15, 0.2) is 23.5 Å². The largest absolute Gasteiger partial charge is 0.355 e. The summed E-state index contributed by atoms with van der Waals surface area (Å²) in [5.74, 6) is 1.80. The Hall–Kier alpha value is -1.89. The SMILES string of the molecule is CCN(CC)C(C)CNC(=NC)N1CCN(c2ncccn2)CC1. The number of nitrogens with zero attached hydrogens (tertiary/aromatic N) is 6. The Morgan fingerprint density at radius 1 is 1.21 bits per heavy atom. The van der Waals surface area contributed by atoms with Gasteiger partial charge in [0.25, 0.3) is 0 Å². The van der Waals surface area contributed by atoms with Crippen LogP contribution in [0.25, 0.3) is 0 Å². The lowest BCUT2D eigenvalue weighted by molar-refractivity contribution is 0.229. The maximum atomic E-state index is 4.46. The van der Waals surface area contributed by atoms with E-state index >= 15 is 0 Å². The van der Waals surface area contributed by atoms with Gasteiger partial charge in [-0.25, -0.2) is 9.97 Å². The molecule has 0 bridgehead atoms. The molecular weight excluding hydrogens is 302 g/mol. The van der Waals surface area contributed by atoms with Gasteiger partial charge in [-0.2, -0.15) is 0 Å². The maximum Gasteiger partial charge on any atom is 0.225 e. The van der Waals surface area contributed by atoms with Gasteiger partial charge in [-0.15, -0.1) is 0 Å². The van der Waals surface area contributed by atoms with E-state index in [9.17, 15) is 0 Å². The monoisotopic (exact) mass is 333 g/mol. The van der Waals surface area contributed by atoms with Crippen molar-refractivity contribution in [2.24, 2.45) is 4.99 Å². The quantitative estimate of drug-likeness (QED) is 0.617. The Morgan fingerprint density at radius 3 is 2.38 bits per heavy atom. The summed E-state index contributed by atoms with van der Waals surface area (Å²) in [6, 6.07) is 2.35. The van der Waals surface area contributed by atoms with Crippen LogP contribution < -0.4 is 10.2 Å². The van der Waals surface area contributed by atoms with Crippen molar-refractivity contribution in [2.75, 3.05) is 57.8 Å². The van der Waals surface area contributed by atoms with Gasteiger partial charge in [0.05, 0.1) is 0 Å². The van der Waals surface area contributed by atoms with Gasteiger partial charge < -0.3 is 15.1 Å². The highest BCUT2D eigenvalue weighted by atomic mass is 15.4. The Bertz CT molecular complexity index is 493. The molecule has 1 aliphatic rings. The number of hydrogen-bond donors (Lipinski definition) is 1. The number of rotatable bonds is 6. The zero-order chi connectivity index (χ0) is 17.4. The molecule has 0 saturated carbocycles. The highest BCUT2D eigenvalue weighted by Crippen LogP contribution is 2.09. The van der Waals surface area contributed by atoms with Crippen LogP contribution in [0.3, 0.4) is 0 Å². The minimum Gasteiger partial charge on any atom is -0.355 e. The molecule has 1 N–H and O–H groups in total. The lowest BCUT2D eigenvalue weighted by Crippen LogP contribution is -2.54. The number of likely N-dealkylation sites (N-methyl/N-ethyl adjacent to an activating group) is 1. The van der Waals surface area contributed by atoms with E-state index in [2.05, 4.69) is 55.7 Å². The van der Waals surface area contributed by atoms with Gasteiger partial charge in [0.1, 0.15) is 0 Å². The third kappa shape index (κ3) is 4.80. The molecule has 0 aromatic carbocycles. The average molecular weight is 333 g/mol. The van der Waals surface area contributed by atoms with Crippen LogP contribution >= 0.6 is 0 Å². The predicted molar refractivity (Wildman–Crippen MR) is 99.6 cm³/mol. The molecule has 7 nitrogen and oxygen atoms in total. The van der Waals surface area contributed by atoms with E-state index in [0.717, 1.165) is 57.7 Å². The summed E-state index contributed by atoms with van der Waals surface area (Å²) < 4.78 is 0. The first-order chi connectivity index (χ1) is 11.7. The van der Waals surface area contributed by atoms with Crippen molar-refractivity contribution in [1.82, 2.24) is 25.1 Å². The fourth-order valence-corrected chi connectivity index (χ4v) is 3.12. The molecule has 24 heavy (non-hydrogen) atoms. The van der Waals surface area contributed by atoms with Crippen molar-refractivity contribution >= 4 is 11.9 Å². The second kappa shape index (κ2) is 9.42. The van der Waals surface area contributed by atoms with Gasteiger partial charge in [0, 0.05) is 58.2 Å². The fraction of sp³-hybridized carbons (Fsp3) is 0.706. The van der Waals surface area contributed by atoms with Gasteiger partial charge in [0.15, 0.2) is 5.96 Å². The Kier molecular flexibility index (Phi) is 7.24. The number of aromatic nitrogens is 2. The van der Waals surface area contributed by atoms with E-state index in [1.807, 2.05) is 13.1 Å². The molecule has 1 aromatic heterocycles. The number of piperazine rings is 1. The number of nitrogens with one attached hydrogen (secondary N) is 1. The predicted octanol–water partition coefficient (Wildman–Crippen LogP) is 0.904. The molecule has 2 rings (SSSR count). The molecule has 0 amide bonds. The van der Waals surface area contributed by atoms with Crippen LogP contribution in [-0.4, -0.2) is 84.6 Å². The van der Waals surface area contributed by atoms with Crippen LogP contribution in [0.2, 0.25) is 0 Å². The van der Waals surface area contributed by atoms with Crippen molar-refractivity contribution < 1.29 is 0 Å². The van der Waals surface area contributed by atoms with Gasteiger partial charge >= 0.3 is 0 Å². The van der Waals surface area contributed by atoms with E-state index in [4.69, 9.17) is 0 Å². The molecule has 0 radical (unpaired) electrons. The first-order valence-electron chi connectivity index (χ1n) is 8.91. The third-order valence-corrected chi connectivity index (χ3v) is 4.62. The van der Waals surface area contributed by atoms with Crippen LogP contribution in [0.5, 0.6) is 0 Å². The summed E-state index contributed by atoms with van der Waals surface area (Å²) in [6.45, 7) is 13.4. The molecule has 1 aromatic rings. The summed E-state index contributed by atoms with van der Waals surface area (Å²) in [5, 5.41) is 3.53. The first-order valence-corrected chi connectivity index (χ1v) is 8.91. The molecule has 2 heterocycles. The van der Waals surface area contributed by atoms with Crippen LogP contribution in [0.4, 0.5) is 5.95 Å². The van der Waals surface area contributed by atoms with Gasteiger partial charge in [0.2, 0.25) is 5.95 Å². The second-order valence-corrected chi connectivity index (χ2v) is 6.02. The maximum absolute atomic E-state index is 4.46. The van der Waals surface area contributed by atoms with E-state index in [-0.39, 0.29) is 0 Å². The van der Waals surface area contributed by atoms with E-state index in [1.165, 1.54) is 0 Å². The van der Waals surface area contributed by atoms with Crippen LogP contribution in [0.1, 0.15) is 20.8 Å². The number of aliphatic imine (C=N–C) groups is 1. The zero-order valence-electron chi connectivity index (χ0n) is 15.4. The molecular formula is C17H31N7. The summed E-state index contributed by atoms with van der Waals surface area (Å²) in [5.41, 5.74) is 0. The molecule has 1 unspecified atom stereocenters. The minimum atomic E-state index is 0.496. The normalized spacial score (nSPS) is 17.3. The molecule has 7 heteroatoms. The Labute approximate surface area is 145 Å². The minimum absolute atomic E-state index is 0.496. The van der Waals surface area contributed by atoms with Crippen molar-refractivity contribution in [3.05, 3.63) is 18.5 Å². The fourth-order valence-electron chi connectivity index (χ4n) is 3.12. The molecule has 1 atom stereocenters. The van der Waals surface area contributed by atoms with Gasteiger partial charge in [-0.1, -0.05) is 13.8 Å². The molecule has 134 valence electrons. The molecule has 0 spiro atoms. The number of hydrogen-bond acceptors (Lipinski definition) is 5. The highest BCUT2D eigenvalue weighted by molar-refractivity contribution is 5.80. The lowest BCUT2D eigenvalue weighted by atomic mass is 10.2. The summed E-state index contributed by atoms with van der Waals surface area (Å²) in [6.07, 6.45) is 3.59. The van der Waals surface area contributed by atoms with E-state index < -0.39 is 0 Å². The summed E-state index contributed by atoms with van der Waals surface area (Å²) >= 11 is 0. The average Bonchev–Trinajstić information content (AvgIpc) is 2.64. The summed E-state index contributed by atoms with van der Waals surface area (Å²) in [4.78, 5) is 20.1. The van der Waals surface area contributed by atoms with Gasteiger partial charge in [-0.05, 0) is 26.1 Å². The zero-order valence-corrected chi connectivity index (χ0v) is 15.4. The van der Waals surface area contributed by atoms with Crippen LogP contribution in [0, 0.1) is 0 Å². The van der Waals surface area contributed by atoms with E-state index in [0.29, 0.717) is 6.04 Å². The number of anilines is 1.